The monoisotopic (exact) mass is 610 g/mol. The Hall–Kier alpha value is -3.28. The number of anilines is 1. The van der Waals surface area contributed by atoms with Crippen molar-refractivity contribution in [3.8, 4) is 11.8 Å². The number of hydrogen-bond donors (Lipinski definition) is 4. The maximum atomic E-state index is 13.9. The van der Waals surface area contributed by atoms with Crippen molar-refractivity contribution in [3.05, 3.63) is 53.4 Å². The number of fused-ring (bicyclic) bond motifs is 1. The van der Waals surface area contributed by atoms with Crippen LogP contribution in [0.1, 0.15) is 33.4 Å². The lowest BCUT2D eigenvalue weighted by Crippen LogP contribution is -2.44. The van der Waals surface area contributed by atoms with E-state index in [4.69, 9.17) is 35.9 Å². The fraction of sp³-hybridized carbons (Fsp3) is 0.440. The van der Waals surface area contributed by atoms with Crippen LogP contribution in [0.4, 0.5) is 5.82 Å². The molecule has 0 amide bonds. The van der Waals surface area contributed by atoms with E-state index in [1.165, 1.54) is 54.9 Å². The molecule has 3 aromatic rings. The summed E-state index contributed by atoms with van der Waals surface area (Å²) < 4.78 is 37.6. The first-order chi connectivity index (χ1) is 19.3. The van der Waals surface area contributed by atoms with Crippen LogP contribution in [0.5, 0.6) is 5.75 Å². The quantitative estimate of drug-likeness (QED) is 0.153. The van der Waals surface area contributed by atoms with Gasteiger partial charge in [0.15, 0.2) is 5.82 Å². The molecule has 0 radical (unpaired) electrons. The van der Waals surface area contributed by atoms with E-state index in [-0.39, 0.29) is 17.3 Å². The molecule has 5 atom stereocenters. The number of carbonyl (C=O) groups is 1. The summed E-state index contributed by atoms with van der Waals surface area (Å²) in [4.78, 5) is 12.4. The van der Waals surface area contributed by atoms with E-state index in [9.17, 15) is 24.8 Å². The molecular formula is C25H32ClN6O8P. The van der Waals surface area contributed by atoms with Gasteiger partial charge < -0.3 is 29.9 Å². The van der Waals surface area contributed by atoms with Gasteiger partial charge in [0, 0.05) is 5.02 Å². The van der Waals surface area contributed by atoms with E-state index in [2.05, 4.69) is 15.3 Å². The molecule has 5 N–H and O–H groups in total. The number of nitrogens with two attached hydrogens (primary N) is 1. The summed E-state index contributed by atoms with van der Waals surface area (Å²) >= 11 is 5.93. The Balaban J connectivity index is 1.89. The summed E-state index contributed by atoms with van der Waals surface area (Å²) in [5.41, 5.74) is 4.39. The minimum absolute atomic E-state index is 0.0791. The van der Waals surface area contributed by atoms with Crippen molar-refractivity contribution in [3.63, 3.8) is 0 Å². The number of nitrogen functional groups attached to an aromatic ring is 1. The van der Waals surface area contributed by atoms with Crippen molar-refractivity contribution in [1.82, 2.24) is 19.7 Å². The van der Waals surface area contributed by atoms with Gasteiger partial charge in [0.05, 0.1) is 36.6 Å². The molecule has 1 aromatic carbocycles. The number of nitrogens with zero attached hydrogens (tertiary/aromatic N) is 4. The normalized spacial score (nSPS) is 16.8. The van der Waals surface area contributed by atoms with Crippen LogP contribution in [-0.4, -0.2) is 68.3 Å². The van der Waals surface area contributed by atoms with Crippen LogP contribution in [0.2, 0.25) is 5.02 Å². The molecule has 3 rings (SSSR count). The van der Waals surface area contributed by atoms with Gasteiger partial charge in [0.2, 0.25) is 5.60 Å². The number of halogens is 1. The molecule has 0 aliphatic heterocycles. The van der Waals surface area contributed by atoms with Gasteiger partial charge in [-0.3, -0.25) is 13.7 Å². The Morgan fingerprint density at radius 3 is 2.51 bits per heavy atom. The van der Waals surface area contributed by atoms with Gasteiger partial charge in [-0.2, -0.15) is 10.3 Å². The highest BCUT2D eigenvalue weighted by atomic mass is 35.5. The van der Waals surface area contributed by atoms with Crippen LogP contribution in [0.15, 0.2) is 42.7 Å². The predicted molar refractivity (Wildman–Crippen MR) is 148 cm³/mol. The molecule has 0 fully saturated rings. The standard InChI is InChI=1S/C25H32ClN6O8P/c1-15(2)38-24(35)16(3)31-41(36,40-19-7-5-18(26)6-8-19)37-11-21(17(4)34)39-25(12-27,13-33)22-10-9-20-23(28)30-29-14-32(20)22/h5-10,14-17,21,33-34H,11,13H2,1-4H3,(H2,28,30)(H,31,36)/t16-,17-,21+,25+,41?/m0/s1. The first kappa shape index (κ1) is 32.2. The predicted octanol–water partition coefficient (Wildman–Crippen LogP) is 2.58. The van der Waals surface area contributed by atoms with Gasteiger partial charge in [-0.05, 0) is 64.1 Å². The molecular weight excluding hydrogens is 579 g/mol. The van der Waals surface area contributed by atoms with Gasteiger partial charge in [0.1, 0.15) is 30.3 Å². The fourth-order valence-electron chi connectivity index (χ4n) is 3.65. The number of nitriles is 1. The lowest BCUT2D eigenvalue weighted by Gasteiger charge is -2.32. The number of carbonyl (C=O) groups excluding carboxylic acids is 1. The third-order valence-corrected chi connectivity index (χ3v) is 7.62. The number of benzene rings is 1. The van der Waals surface area contributed by atoms with Crippen LogP contribution in [0.25, 0.3) is 5.52 Å². The summed E-state index contributed by atoms with van der Waals surface area (Å²) in [7, 11) is -4.36. The number of ether oxygens (including phenoxy) is 2. The fourth-order valence-corrected chi connectivity index (χ4v) is 5.28. The Labute approximate surface area is 241 Å². The minimum Gasteiger partial charge on any atom is -0.462 e. The van der Waals surface area contributed by atoms with Crippen molar-refractivity contribution < 1.29 is 38.1 Å². The number of hydrogen-bond acceptors (Lipinski definition) is 12. The third kappa shape index (κ3) is 7.93. The summed E-state index contributed by atoms with van der Waals surface area (Å²) in [5.74, 6) is -0.530. The molecule has 0 aliphatic rings. The van der Waals surface area contributed by atoms with E-state index in [1.807, 2.05) is 6.07 Å². The molecule has 222 valence electrons. The van der Waals surface area contributed by atoms with Gasteiger partial charge in [-0.1, -0.05) is 11.6 Å². The van der Waals surface area contributed by atoms with Crippen LogP contribution in [0.3, 0.4) is 0 Å². The van der Waals surface area contributed by atoms with Crippen LogP contribution < -0.4 is 15.3 Å². The SMILES string of the molecule is CC(C)OC(=O)[C@H](C)NP(=O)(OC[C@@H](O[C@](C#N)(CO)c1ccc2c(N)nncn12)[C@H](C)O)Oc1ccc(Cl)cc1. The zero-order valence-corrected chi connectivity index (χ0v) is 24.5. The zero-order chi connectivity index (χ0) is 30.4. The first-order valence-corrected chi connectivity index (χ1v) is 14.4. The van der Waals surface area contributed by atoms with Crippen LogP contribution in [0, 0.1) is 11.3 Å². The number of esters is 1. The average Bonchev–Trinajstić information content (AvgIpc) is 3.36. The number of aliphatic hydroxyl groups excluding tert-OH is 2. The Kier molecular flexibility index (Phi) is 10.7. The number of aromatic nitrogens is 3. The topological polar surface area (TPSA) is 204 Å². The molecule has 1 unspecified atom stereocenters. The van der Waals surface area contributed by atoms with Gasteiger partial charge in [-0.25, -0.2) is 4.57 Å². The first-order valence-electron chi connectivity index (χ1n) is 12.5. The second-order valence-electron chi connectivity index (χ2n) is 9.36. The largest absolute Gasteiger partial charge is 0.462 e. The summed E-state index contributed by atoms with van der Waals surface area (Å²) in [5, 5.41) is 41.4. The van der Waals surface area contributed by atoms with Gasteiger partial charge in [0.25, 0.3) is 0 Å². The van der Waals surface area contributed by atoms with Gasteiger partial charge in [-0.15, -0.1) is 10.2 Å². The Bertz CT molecular complexity index is 1430. The van der Waals surface area contributed by atoms with Crippen molar-refractivity contribution >= 4 is 36.7 Å². The van der Waals surface area contributed by atoms with E-state index in [1.54, 1.807) is 19.9 Å². The smallest absolute Gasteiger partial charge is 0.459 e. The molecule has 0 saturated heterocycles. The maximum absolute atomic E-state index is 13.9. The highest BCUT2D eigenvalue weighted by Crippen LogP contribution is 2.46. The van der Waals surface area contributed by atoms with Crippen molar-refractivity contribution in [2.24, 2.45) is 0 Å². The second-order valence-corrected chi connectivity index (χ2v) is 11.5. The molecule has 0 spiro atoms. The highest BCUT2D eigenvalue weighted by molar-refractivity contribution is 7.52. The van der Waals surface area contributed by atoms with E-state index in [0.717, 1.165) is 0 Å². The van der Waals surface area contributed by atoms with Gasteiger partial charge >= 0.3 is 13.7 Å². The van der Waals surface area contributed by atoms with Crippen LogP contribution in [-0.2, 0) is 29.0 Å². The third-order valence-electron chi connectivity index (χ3n) is 5.73. The summed E-state index contributed by atoms with van der Waals surface area (Å²) in [6.45, 7) is 4.65. The molecule has 16 heteroatoms. The Morgan fingerprint density at radius 2 is 1.93 bits per heavy atom. The maximum Gasteiger partial charge on any atom is 0.459 e. The number of rotatable bonds is 14. The van der Waals surface area contributed by atoms with E-state index >= 15 is 0 Å². The molecule has 41 heavy (non-hydrogen) atoms. The number of nitrogens with one attached hydrogen (secondary N) is 1. The number of aliphatic hydroxyl groups is 2. The molecule has 0 aliphatic carbocycles. The highest BCUT2D eigenvalue weighted by Gasteiger charge is 2.41. The van der Waals surface area contributed by atoms with Crippen molar-refractivity contribution in [2.45, 2.75) is 57.6 Å². The minimum atomic E-state index is -4.36. The lowest BCUT2D eigenvalue weighted by atomic mass is 10.0. The lowest BCUT2D eigenvalue weighted by molar-refractivity contribution is -0.149. The molecule has 14 nitrogen and oxygen atoms in total. The van der Waals surface area contributed by atoms with Crippen molar-refractivity contribution in [1.29, 1.82) is 5.26 Å². The van der Waals surface area contributed by atoms with E-state index in [0.29, 0.717) is 10.5 Å². The average molecular weight is 611 g/mol. The zero-order valence-electron chi connectivity index (χ0n) is 22.8. The Morgan fingerprint density at radius 1 is 1.24 bits per heavy atom. The molecule has 0 bridgehead atoms. The molecule has 2 aromatic heterocycles. The van der Waals surface area contributed by atoms with Crippen molar-refractivity contribution in [2.75, 3.05) is 18.9 Å². The van der Waals surface area contributed by atoms with E-state index < -0.39 is 56.9 Å². The summed E-state index contributed by atoms with van der Waals surface area (Å²) in [6, 6.07) is 9.75. The van der Waals surface area contributed by atoms with Crippen LogP contribution >= 0.6 is 19.3 Å². The second kappa shape index (κ2) is 13.6. The molecule has 2 heterocycles. The summed E-state index contributed by atoms with van der Waals surface area (Å²) in [6.07, 6.45) is -1.77. The molecule has 0 saturated carbocycles.